The van der Waals surface area contributed by atoms with Crippen LogP contribution in [0.4, 0.5) is 4.39 Å². The van der Waals surface area contributed by atoms with E-state index in [1.54, 1.807) is 26.0 Å². The third kappa shape index (κ3) is 4.43. The summed E-state index contributed by atoms with van der Waals surface area (Å²) < 4.78 is 14.3. The number of nitrogens with zero attached hydrogens (tertiary/aromatic N) is 1. The molecule has 2 aromatic rings. The lowest BCUT2D eigenvalue weighted by Gasteiger charge is -2.17. The van der Waals surface area contributed by atoms with Gasteiger partial charge in [-0.25, -0.2) is 4.39 Å². The lowest BCUT2D eigenvalue weighted by molar-refractivity contribution is -0.128. The first-order valence-electron chi connectivity index (χ1n) is 9.98. The van der Waals surface area contributed by atoms with Crippen molar-refractivity contribution >= 4 is 29.1 Å². The number of amides is 1. The number of hydrogen-bond donors (Lipinski definition) is 1. The first-order chi connectivity index (χ1) is 14.2. The highest BCUT2D eigenvalue weighted by Gasteiger charge is 2.43. The average Bonchev–Trinajstić information content (AvgIpc) is 2.93. The van der Waals surface area contributed by atoms with Gasteiger partial charge in [0.25, 0.3) is 0 Å². The van der Waals surface area contributed by atoms with Gasteiger partial charge in [-0.2, -0.15) is 0 Å². The van der Waals surface area contributed by atoms with Crippen molar-refractivity contribution in [1.29, 1.82) is 0 Å². The van der Waals surface area contributed by atoms with E-state index in [1.807, 2.05) is 6.92 Å². The standard InChI is InChI=1S/C23H24ClFN2O3/c1-4-5-26-19(29)9-15-8-18(28)21(23(15)30)20-12(2)6-14(7-13(20)3)22-17(25)10-16(24)11-27-22/h6-7,10-11,15,21H,4-5,8-9H2,1-3H3,(H,26,29). The lowest BCUT2D eigenvalue weighted by Crippen LogP contribution is -2.28. The minimum atomic E-state index is -0.883. The molecule has 7 heteroatoms. The molecule has 0 saturated heterocycles. The van der Waals surface area contributed by atoms with Gasteiger partial charge in [0.1, 0.15) is 17.4 Å². The Balaban J connectivity index is 1.89. The molecule has 1 aliphatic carbocycles. The molecule has 2 atom stereocenters. The van der Waals surface area contributed by atoms with Crippen LogP contribution in [0.5, 0.6) is 0 Å². The molecule has 0 bridgehead atoms. The Bertz CT molecular complexity index is 998. The number of carbonyl (C=O) groups is 3. The van der Waals surface area contributed by atoms with Crippen LogP contribution in [-0.2, 0) is 14.4 Å². The van der Waals surface area contributed by atoms with Crippen molar-refractivity contribution in [3.63, 3.8) is 0 Å². The van der Waals surface area contributed by atoms with Crippen LogP contribution >= 0.6 is 11.6 Å². The number of ketones is 2. The number of hydrogen-bond acceptors (Lipinski definition) is 4. The summed E-state index contributed by atoms with van der Waals surface area (Å²) >= 11 is 5.78. The highest BCUT2D eigenvalue weighted by Crippen LogP contribution is 2.38. The van der Waals surface area contributed by atoms with E-state index in [2.05, 4.69) is 10.3 Å². The van der Waals surface area contributed by atoms with Crippen LogP contribution < -0.4 is 5.32 Å². The number of aromatic nitrogens is 1. The predicted molar refractivity (Wildman–Crippen MR) is 113 cm³/mol. The molecule has 0 spiro atoms. The molecule has 1 aromatic carbocycles. The van der Waals surface area contributed by atoms with Gasteiger partial charge in [0.05, 0.1) is 5.02 Å². The quantitative estimate of drug-likeness (QED) is 0.692. The fourth-order valence-corrected chi connectivity index (χ4v) is 4.23. The summed E-state index contributed by atoms with van der Waals surface area (Å²) in [5.74, 6) is -2.64. The number of pyridine rings is 1. The maximum atomic E-state index is 14.3. The normalized spacial score (nSPS) is 18.7. The van der Waals surface area contributed by atoms with Gasteiger partial charge in [-0.15, -0.1) is 0 Å². The second-order valence-corrected chi connectivity index (χ2v) is 8.20. The van der Waals surface area contributed by atoms with Gasteiger partial charge >= 0.3 is 0 Å². The van der Waals surface area contributed by atoms with Gasteiger partial charge in [-0.3, -0.25) is 19.4 Å². The largest absolute Gasteiger partial charge is 0.356 e. The maximum Gasteiger partial charge on any atom is 0.220 e. The van der Waals surface area contributed by atoms with Crippen LogP contribution in [0.2, 0.25) is 5.02 Å². The summed E-state index contributed by atoms with van der Waals surface area (Å²) in [7, 11) is 0. The Labute approximate surface area is 180 Å². The van der Waals surface area contributed by atoms with Crippen molar-refractivity contribution in [1.82, 2.24) is 10.3 Å². The molecule has 1 aromatic heterocycles. The van der Waals surface area contributed by atoms with E-state index in [0.717, 1.165) is 6.42 Å². The molecular weight excluding hydrogens is 407 g/mol. The fourth-order valence-electron chi connectivity index (χ4n) is 4.09. The molecular formula is C23H24ClFN2O3. The zero-order valence-electron chi connectivity index (χ0n) is 17.2. The van der Waals surface area contributed by atoms with Crippen molar-refractivity contribution in [2.75, 3.05) is 6.54 Å². The molecule has 3 rings (SSSR count). The van der Waals surface area contributed by atoms with E-state index in [4.69, 9.17) is 11.6 Å². The van der Waals surface area contributed by atoms with Crippen molar-refractivity contribution < 1.29 is 18.8 Å². The number of Topliss-reactive ketones (excluding diaryl/α,β-unsaturated/α-hetero) is 2. The Morgan fingerprint density at radius 3 is 2.50 bits per heavy atom. The molecule has 1 heterocycles. The van der Waals surface area contributed by atoms with Crippen LogP contribution in [0.25, 0.3) is 11.3 Å². The topological polar surface area (TPSA) is 76.1 Å². The summed E-state index contributed by atoms with van der Waals surface area (Å²) in [4.78, 5) is 41.8. The molecule has 0 aliphatic heterocycles. The molecule has 5 nitrogen and oxygen atoms in total. The molecule has 1 N–H and O–H groups in total. The third-order valence-electron chi connectivity index (χ3n) is 5.42. The summed E-state index contributed by atoms with van der Waals surface area (Å²) in [6.07, 6.45) is 2.27. The van der Waals surface area contributed by atoms with Crippen LogP contribution in [0.15, 0.2) is 24.4 Å². The average molecular weight is 431 g/mol. The first kappa shape index (κ1) is 22.1. The van der Waals surface area contributed by atoms with Crippen LogP contribution in [-0.4, -0.2) is 29.0 Å². The number of benzene rings is 1. The second-order valence-electron chi connectivity index (χ2n) is 7.76. The van der Waals surface area contributed by atoms with Crippen molar-refractivity contribution in [3.8, 4) is 11.3 Å². The Hall–Kier alpha value is -2.60. The van der Waals surface area contributed by atoms with Gasteiger partial charge in [0.15, 0.2) is 11.6 Å². The van der Waals surface area contributed by atoms with Crippen LogP contribution in [0.1, 0.15) is 48.8 Å². The fraction of sp³-hybridized carbons (Fsp3) is 0.391. The zero-order chi connectivity index (χ0) is 22.0. The number of nitrogens with one attached hydrogen (secondary N) is 1. The highest BCUT2D eigenvalue weighted by atomic mass is 35.5. The molecule has 158 valence electrons. The van der Waals surface area contributed by atoms with Crippen molar-refractivity contribution in [2.24, 2.45) is 5.92 Å². The van der Waals surface area contributed by atoms with E-state index in [1.165, 1.54) is 12.3 Å². The summed E-state index contributed by atoms with van der Waals surface area (Å²) in [5.41, 5.74) is 2.77. The van der Waals surface area contributed by atoms with E-state index < -0.39 is 17.7 Å². The minimum absolute atomic E-state index is 0.0250. The summed E-state index contributed by atoms with van der Waals surface area (Å²) in [6, 6.07) is 4.65. The lowest BCUT2D eigenvalue weighted by atomic mass is 9.85. The molecule has 30 heavy (non-hydrogen) atoms. The number of rotatable bonds is 6. The number of aryl methyl sites for hydroxylation is 2. The van der Waals surface area contributed by atoms with Gasteiger partial charge in [0, 0.05) is 37.1 Å². The Kier molecular flexibility index (Phi) is 6.66. The van der Waals surface area contributed by atoms with Crippen molar-refractivity contribution in [3.05, 3.63) is 51.9 Å². The van der Waals surface area contributed by atoms with E-state index in [9.17, 15) is 18.8 Å². The molecule has 2 unspecified atom stereocenters. The maximum absolute atomic E-state index is 14.3. The second kappa shape index (κ2) is 9.04. The van der Waals surface area contributed by atoms with Crippen molar-refractivity contribution in [2.45, 2.75) is 46.0 Å². The number of carbonyl (C=O) groups excluding carboxylic acids is 3. The molecule has 1 aliphatic rings. The van der Waals surface area contributed by atoms with Gasteiger partial charge in [0.2, 0.25) is 5.91 Å². The van der Waals surface area contributed by atoms with Gasteiger partial charge in [-0.1, -0.05) is 18.5 Å². The smallest absolute Gasteiger partial charge is 0.220 e. The van der Waals surface area contributed by atoms with Gasteiger partial charge in [-0.05, 0) is 55.2 Å². The van der Waals surface area contributed by atoms with E-state index >= 15 is 0 Å². The molecule has 0 radical (unpaired) electrons. The summed E-state index contributed by atoms with van der Waals surface area (Å²) in [6.45, 7) is 6.08. The van der Waals surface area contributed by atoms with Crippen LogP contribution in [0.3, 0.4) is 0 Å². The summed E-state index contributed by atoms with van der Waals surface area (Å²) in [5, 5.41) is 2.96. The zero-order valence-corrected chi connectivity index (χ0v) is 18.0. The van der Waals surface area contributed by atoms with E-state index in [-0.39, 0.29) is 41.0 Å². The monoisotopic (exact) mass is 430 g/mol. The van der Waals surface area contributed by atoms with E-state index in [0.29, 0.717) is 28.8 Å². The SMILES string of the molecule is CCCNC(=O)CC1CC(=O)C(c2c(C)cc(-c3ncc(Cl)cc3F)cc2C)C1=O. The minimum Gasteiger partial charge on any atom is -0.356 e. The highest BCUT2D eigenvalue weighted by molar-refractivity contribution is 6.30. The Morgan fingerprint density at radius 2 is 1.90 bits per heavy atom. The number of halogens is 2. The molecule has 1 fully saturated rings. The van der Waals surface area contributed by atoms with Gasteiger partial charge < -0.3 is 5.32 Å². The third-order valence-corrected chi connectivity index (χ3v) is 5.63. The molecule has 1 amide bonds. The molecule has 1 saturated carbocycles. The Morgan fingerprint density at radius 1 is 1.23 bits per heavy atom. The first-order valence-corrected chi connectivity index (χ1v) is 10.4. The predicted octanol–water partition coefficient (Wildman–Crippen LogP) is 4.32. The van der Waals surface area contributed by atoms with Crippen LogP contribution in [0, 0.1) is 25.6 Å².